The predicted molar refractivity (Wildman–Crippen MR) is 264 cm³/mol. The van der Waals surface area contributed by atoms with E-state index in [1.807, 2.05) is 0 Å². The average molecular weight is 789 g/mol. The van der Waals surface area contributed by atoms with Gasteiger partial charge < -0.3 is 9.47 Å². The maximum Gasteiger partial charge on any atom is 0.0541 e. The van der Waals surface area contributed by atoms with Crippen LogP contribution in [0.15, 0.2) is 243 Å². The summed E-state index contributed by atoms with van der Waals surface area (Å²) in [6.45, 7) is 0. The first-order valence-electron chi connectivity index (χ1n) is 21.3. The van der Waals surface area contributed by atoms with Gasteiger partial charge in [-0.05, 0) is 145 Å². The summed E-state index contributed by atoms with van der Waals surface area (Å²) in [5.41, 5.74) is 14.2. The lowest BCUT2D eigenvalue weighted by Crippen LogP contribution is -2.09. The zero-order valence-electron chi connectivity index (χ0n) is 34.0. The number of hydrogen-bond acceptors (Lipinski definition) is 1. The normalized spacial score (nSPS) is 11.5. The number of benzene rings is 11. The third-order valence-corrected chi connectivity index (χ3v) is 12.5. The largest absolute Gasteiger partial charge is 0.310 e. The second-order valence-electron chi connectivity index (χ2n) is 16.2. The van der Waals surface area contributed by atoms with E-state index in [0.717, 1.165) is 17.1 Å². The van der Waals surface area contributed by atoms with E-state index in [9.17, 15) is 0 Å². The van der Waals surface area contributed by atoms with Gasteiger partial charge in [0.15, 0.2) is 0 Å². The Morgan fingerprint density at radius 1 is 0.258 bits per heavy atom. The molecule has 1 aromatic heterocycles. The Kier molecular flexibility index (Phi) is 8.53. The van der Waals surface area contributed by atoms with Gasteiger partial charge in [-0.25, -0.2) is 0 Å². The summed E-state index contributed by atoms with van der Waals surface area (Å²) in [6.07, 6.45) is 0. The van der Waals surface area contributed by atoms with Crippen LogP contribution in [0, 0.1) is 0 Å². The molecule has 11 aromatic carbocycles. The van der Waals surface area contributed by atoms with E-state index in [4.69, 9.17) is 0 Å². The fourth-order valence-electron chi connectivity index (χ4n) is 9.53. The second kappa shape index (κ2) is 14.8. The predicted octanol–water partition coefficient (Wildman–Crippen LogP) is 16.7. The molecule has 62 heavy (non-hydrogen) atoms. The van der Waals surface area contributed by atoms with Gasteiger partial charge in [-0.2, -0.15) is 0 Å². The quantitative estimate of drug-likeness (QED) is 0.156. The molecule has 2 nitrogen and oxygen atoms in total. The maximum absolute atomic E-state index is 2.38. The van der Waals surface area contributed by atoms with Gasteiger partial charge >= 0.3 is 0 Å². The second-order valence-corrected chi connectivity index (χ2v) is 16.2. The average Bonchev–Trinajstić information content (AvgIpc) is 3.68. The smallest absolute Gasteiger partial charge is 0.0541 e. The van der Waals surface area contributed by atoms with Crippen molar-refractivity contribution < 1.29 is 0 Å². The van der Waals surface area contributed by atoms with Crippen LogP contribution < -0.4 is 4.90 Å². The zero-order valence-corrected chi connectivity index (χ0v) is 34.0. The minimum Gasteiger partial charge on any atom is -0.310 e. The lowest BCUT2D eigenvalue weighted by molar-refractivity contribution is 1.18. The fourth-order valence-corrected chi connectivity index (χ4v) is 9.53. The zero-order chi connectivity index (χ0) is 41.0. The molecule has 0 amide bonds. The van der Waals surface area contributed by atoms with Crippen molar-refractivity contribution >= 4 is 71.2 Å². The monoisotopic (exact) mass is 788 g/mol. The molecule has 290 valence electrons. The summed E-state index contributed by atoms with van der Waals surface area (Å²) in [7, 11) is 0. The van der Waals surface area contributed by atoms with Crippen molar-refractivity contribution in [1.82, 2.24) is 4.57 Å². The Bertz CT molecular complexity index is 3620. The van der Waals surface area contributed by atoms with Crippen molar-refractivity contribution in [2.24, 2.45) is 0 Å². The van der Waals surface area contributed by atoms with Crippen molar-refractivity contribution in [2.75, 3.05) is 4.90 Å². The number of anilines is 3. The van der Waals surface area contributed by atoms with Crippen molar-refractivity contribution in [3.05, 3.63) is 243 Å². The summed E-state index contributed by atoms with van der Waals surface area (Å²) >= 11 is 0. The number of rotatable bonds is 7. The van der Waals surface area contributed by atoms with Gasteiger partial charge in [0.1, 0.15) is 0 Å². The third-order valence-electron chi connectivity index (χ3n) is 12.5. The fraction of sp³-hybridized carbons (Fsp3) is 0. The van der Waals surface area contributed by atoms with Crippen molar-refractivity contribution in [3.8, 4) is 39.1 Å². The van der Waals surface area contributed by atoms with Gasteiger partial charge in [0.2, 0.25) is 0 Å². The molecule has 0 atom stereocenters. The summed E-state index contributed by atoms with van der Waals surface area (Å²) in [4.78, 5) is 2.35. The lowest BCUT2D eigenvalue weighted by atomic mass is 9.91. The van der Waals surface area contributed by atoms with E-state index in [-0.39, 0.29) is 0 Å². The minimum atomic E-state index is 1.11. The molecular formula is C60H40N2. The first-order chi connectivity index (χ1) is 30.7. The van der Waals surface area contributed by atoms with E-state index in [2.05, 4.69) is 252 Å². The molecule has 0 N–H and O–H groups in total. The van der Waals surface area contributed by atoms with Crippen LogP contribution in [-0.2, 0) is 0 Å². The number of nitrogens with zero attached hydrogens (tertiary/aromatic N) is 2. The van der Waals surface area contributed by atoms with Gasteiger partial charge in [-0.3, -0.25) is 0 Å². The first-order valence-corrected chi connectivity index (χ1v) is 21.3. The highest BCUT2D eigenvalue weighted by Gasteiger charge is 2.17. The lowest BCUT2D eigenvalue weighted by Gasteiger charge is -2.26. The Morgan fingerprint density at radius 3 is 1.48 bits per heavy atom. The molecule has 0 aliphatic carbocycles. The molecule has 0 saturated carbocycles. The van der Waals surface area contributed by atoms with Gasteiger partial charge in [0.05, 0.1) is 11.0 Å². The van der Waals surface area contributed by atoms with E-state index in [1.165, 1.54) is 93.2 Å². The summed E-state index contributed by atoms with van der Waals surface area (Å²) < 4.78 is 2.38. The molecule has 0 unspecified atom stereocenters. The van der Waals surface area contributed by atoms with Crippen LogP contribution in [0.3, 0.4) is 0 Å². The van der Waals surface area contributed by atoms with Gasteiger partial charge in [0, 0.05) is 33.5 Å². The van der Waals surface area contributed by atoms with E-state index < -0.39 is 0 Å². The number of aromatic nitrogens is 1. The highest BCUT2D eigenvalue weighted by Crippen LogP contribution is 2.42. The van der Waals surface area contributed by atoms with Gasteiger partial charge in [-0.1, -0.05) is 164 Å². The molecule has 0 radical (unpaired) electrons. The summed E-state index contributed by atoms with van der Waals surface area (Å²) in [6, 6.07) is 88.4. The summed E-state index contributed by atoms with van der Waals surface area (Å²) in [5, 5.41) is 9.94. The summed E-state index contributed by atoms with van der Waals surface area (Å²) in [5.74, 6) is 0. The number of hydrogen-bond donors (Lipinski definition) is 0. The van der Waals surface area contributed by atoms with Gasteiger partial charge in [-0.15, -0.1) is 0 Å². The van der Waals surface area contributed by atoms with Crippen molar-refractivity contribution in [2.45, 2.75) is 0 Å². The van der Waals surface area contributed by atoms with Crippen LogP contribution in [0.1, 0.15) is 0 Å². The molecular weight excluding hydrogens is 749 g/mol. The molecule has 0 aliphatic heterocycles. The molecule has 0 aliphatic rings. The molecule has 0 bridgehead atoms. The molecule has 2 heteroatoms. The molecule has 0 saturated heterocycles. The van der Waals surface area contributed by atoms with Crippen molar-refractivity contribution in [3.63, 3.8) is 0 Å². The van der Waals surface area contributed by atoms with E-state index >= 15 is 0 Å². The number of fused-ring (bicyclic) bond motifs is 6. The highest BCUT2D eigenvalue weighted by molar-refractivity contribution is 6.12. The van der Waals surface area contributed by atoms with Crippen LogP contribution >= 0.6 is 0 Å². The van der Waals surface area contributed by atoms with Crippen LogP contribution in [0.4, 0.5) is 17.1 Å². The molecule has 1 heterocycles. The maximum atomic E-state index is 2.38. The molecule has 0 fully saturated rings. The van der Waals surface area contributed by atoms with Gasteiger partial charge in [0.25, 0.3) is 0 Å². The first kappa shape index (κ1) is 35.7. The van der Waals surface area contributed by atoms with Crippen LogP contribution in [0.25, 0.3) is 93.2 Å². The minimum absolute atomic E-state index is 1.11. The Balaban J connectivity index is 0.901. The Hall–Kier alpha value is -8.20. The molecule has 0 spiro atoms. The van der Waals surface area contributed by atoms with Crippen molar-refractivity contribution in [1.29, 1.82) is 0 Å². The molecule has 12 rings (SSSR count). The topological polar surface area (TPSA) is 8.17 Å². The van der Waals surface area contributed by atoms with Crippen LogP contribution in [-0.4, -0.2) is 4.57 Å². The van der Waals surface area contributed by atoms with Crippen LogP contribution in [0.5, 0.6) is 0 Å². The Morgan fingerprint density at radius 2 is 0.742 bits per heavy atom. The Labute approximate surface area is 360 Å². The van der Waals surface area contributed by atoms with E-state index in [1.54, 1.807) is 0 Å². The van der Waals surface area contributed by atoms with E-state index in [0.29, 0.717) is 0 Å². The molecule has 12 aromatic rings. The number of para-hydroxylation sites is 3. The SMILES string of the molecule is c1ccc(N(c2ccc(-c3ccc(-c4ccc5c(c4)c4ccccc4n5-c4ccccc4)c4ccccc34)cc2)c2ccc3cc(-c4ccc5ccccc5c4)ccc3c2)cc1. The standard InChI is InChI=1S/C60H40N2/c1-3-15-49(16-4-1)61(52-33-29-46-38-45(25-26-47(46)39-52)44-24-23-41-13-7-8-14-43(41)37-44)51-31-27-42(28-32-51)53-34-35-54(56-20-10-9-19-55(53)56)48-30-36-60-58(40-48)57-21-11-12-22-59(57)62(60)50-17-5-2-6-18-50/h1-40H. The highest BCUT2D eigenvalue weighted by atomic mass is 15.1. The van der Waals surface area contributed by atoms with Crippen LogP contribution in [0.2, 0.25) is 0 Å². The third kappa shape index (κ3) is 6.12.